The summed E-state index contributed by atoms with van der Waals surface area (Å²) in [5.41, 5.74) is 0.811. The van der Waals surface area contributed by atoms with Gasteiger partial charge in [-0.2, -0.15) is 9.97 Å². The number of carbonyl (C=O) groups is 1. The van der Waals surface area contributed by atoms with Crippen LogP contribution in [-0.2, 0) is 16.1 Å². The third-order valence-electron chi connectivity index (χ3n) is 4.65. The number of ether oxygens (including phenoxy) is 1. The van der Waals surface area contributed by atoms with Crippen LogP contribution in [0.2, 0.25) is 0 Å². The lowest BCUT2D eigenvalue weighted by Gasteiger charge is -2.15. The molecule has 1 saturated carbocycles. The smallest absolute Gasteiger partial charge is 0.327 e. The zero-order valence-electron chi connectivity index (χ0n) is 16.0. The minimum Gasteiger partial charge on any atom is -0.465 e. The first-order valence-corrected chi connectivity index (χ1v) is 12.7. The van der Waals surface area contributed by atoms with Crippen molar-refractivity contribution in [2.45, 2.75) is 39.3 Å². The molecule has 0 bridgehead atoms. The van der Waals surface area contributed by atoms with Crippen LogP contribution in [-0.4, -0.2) is 47.6 Å². The van der Waals surface area contributed by atoms with E-state index < -0.39 is 0 Å². The molecule has 3 aromatic rings. The Morgan fingerprint density at radius 3 is 3.00 bits per heavy atom. The Balaban J connectivity index is 1.58. The first-order chi connectivity index (χ1) is 14.1. The molecule has 1 fully saturated rings. The van der Waals surface area contributed by atoms with Gasteiger partial charge in [0, 0.05) is 42.6 Å². The minimum atomic E-state index is -0.362. The Morgan fingerprint density at radius 1 is 1.45 bits per heavy atom. The average Bonchev–Trinajstić information content (AvgIpc) is 3.33. The second kappa shape index (κ2) is 8.73. The van der Waals surface area contributed by atoms with Gasteiger partial charge in [-0.3, -0.25) is 8.77 Å². The van der Waals surface area contributed by atoms with E-state index in [2.05, 4.69) is 59.0 Å². The molecule has 154 valence electrons. The molecular weight excluding hydrogens is 507 g/mol. The van der Waals surface area contributed by atoms with E-state index >= 15 is 0 Å². The van der Waals surface area contributed by atoms with Crippen molar-refractivity contribution >= 4 is 64.9 Å². The van der Waals surface area contributed by atoms with Gasteiger partial charge in [0.15, 0.2) is 11.5 Å². The van der Waals surface area contributed by atoms with E-state index in [1.54, 1.807) is 13.1 Å². The largest absolute Gasteiger partial charge is 0.465 e. The molecule has 3 heterocycles. The number of esters is 1. The molecule has 12 heteroatoms. The van der Waals surface area contributed by atoms with Crippen LogP contribution in [0, 0.1) is 5.92 Å². The van der Waals surface area contributed by atoms with Crippen LogP contribution in [0.3, 0.4) is 0 Å². The number of carbonyl (C=O) groups excluding carboxylic acids is 1. The van der Waals surface area contributed by atoms with E-state index in [0.29, 0.717) is 30.3 Å². The predicted octanol–water partition coefficient (Wildman–Crippen LogP) is 3.39. The summed E-state index contributed by atoms with van der Waals surface area (Å²) in [4.78, 5) is 20.9. The topological polar surface area (TPSA) is 112 Å². The van der Waals surface area contributed by atoms with E-state index in [0.717, 1.165) is 16.9 Å². The summed E-state index contributed by atoms with van der Waals surface area (Å²) in [6.45, 7) is 4.28. The normalized spacial score (nSPS) is 14.7. The van der Waals surface area contributed by atoms with E-state index in [4.69, 9.17) is 4.74 Å². The van der Waals surface area contributed by atoms with Crippen LogP contribution < -0.4 is 10.6 Å². The van der Waals surface area contributed by atoms with Gasteiger partial charge in [0.25, 0.3) is 0 Å². The maximum absolute atomic E-state index is 11.6. The van der Waals surface area contributed by atoms with E-state index in [1.165, 1.54) is 26.6 Å². The maximum atomic E-state index is 11.6. The molecule has 29 heavy (non-hydrogen) atoms. The van der Waals surface area contributed by atoms with Crippen molar-refractivity contribution in [3.63, 3.8) is 0 Å². The van der Waals surface area contributed by atoms with Gasteiger partial charge in [-0.25, -0.2) is 4.68 Å². The molecule has 4 rings (SSSR count). The zero-order valence-corrected chi connectivity index (χ0v) is 19.0. The van der Waals surface area contributed by atoms with Crippen molar-refractivity contribution in [2.75, 3.05) is 17.2 Å². The van der Waals surface area contributed by atoms with Gasteiger partial charge in [0.1, 0.15) is 12.4 Å². The van der Waals surface area contributed by atoms with Crippen molar-refractivity contribution in [1.29, 1.82) is 0 Å². The van der Waals surface area contributed by atoms with Gasteiger partial charge >= 0.3 is 5.97 Å². The fourth-order valence-corrected chi connectivity index (χ4v) is 4.29. The summed E-state index contributed by atoms with van der Waals surface area (Å²) in [7, 11) is 1.54. The molecule has 0 unspecified atom stereocenters. The van der Waals surface area contributed by atoms with Crippen molar-refractivity contribution in [3.8, 4) is 0 Å². The lowest BCUT2D eigenvalue weighted by molar-refractivity contribution is -0.144. The van der Waals surface area contributed by atoms with Crippen LogP contribution in [0.25, 0.3) is 11.0 Å². The summed E-state index contributed by atoms with van der Waals surface area (Å²) >= 11 is 2.22. The van der Waals surface area contributed by atoms with Gasteiger partial charge in [0.05, 0.1) is 18.2 Å². The molecule has 1 aliphatic carbocycles. The van der Waals surface area contributed by atoms with Crippen molar-refractivity contribution < 1.29 is 9.53 Å². The first-order valence-electron chi connectivity index (χ1n) is 9.35. The number of rotatable bonds is 9. The lowest BCUT2D eigenvalue weighted by atomic mass is 10.2. The highest BCUT2D eigenvalue weighted by Crippen LogP contribution is 2.35. The molecule has 1 aliphatic rings. The second-order valence-electron chi connectivity index (χ2n) is 6.85. The second-order valence-corrected chi connectivity index (χ2v) is 8.56. The highest BCUT2D eigenvalue weighted by Gasteiger charge is 2.28. The first kappa shape index (κ1) is 20.2. The Morgan fingerprint density at radius 2 is 2.28 bits per heavy atom. The van der Waals surface area contributed by atoms with Gasteiger partial charge < -0.3 is 15.4 Å². The SMILES string of the molecule is CCOC(=O)Cn1cc(Nc2nc(N[C@@H](C)C3CC3)c3ccn(SI)c3n2)nn1. The molecule has 0 spiro atoms. The average molecular weight is 528 g/mol. The molecule has 1 atom stereocenters. The molecule has 0 saturated heterocycles. The quantitative estimate of drug-likeness (QED) is 0.319. The third-order valence-corrected chi connectivity index (χ3v) is 6.37. The minimum absolute atomic E-state index is 0.00243. The molecule has 0 radical (unpaired) electrons. The molecule has 0 aromatic carbocycles. The van der Waals surface area contributed by atoms with Crippen LogP contribution in [0.5, 0.6) is 0 Å². The summed E-state index contributed by atoms with van der Waals surface area (Å²) < 4.78 is 8.32. The van der Waals surface area contributed by atoms with Crippen LogP contribution >= 0.6 is 30.3 Å². The molecule has 0 aliphatic heterocycles. The molecular formula is C17H21IN8O2S. The maximum Gasteiger partial charge on any atom is 0.327 e. The van der Waals surface area contributed by atoms with E-state index in [1.807, 2.05) is 16.2 Å². The Labute approximate surface area is 183 Å². The number of aromatic nitrogens is 6. The summed E-state index contributed by atoms with van der Waals surface area (Å²) in [6.07, 6.45) is 6.10. The number of nitrogens with zero attached hydrogens (tertiary/aromatic N) is 6. The van der Waals surface area contributed by atoms with Crippen molar-refractivity contribution in [2.24, 2.45) is 5.92 Å². The Hall–Kier alpha value is -2.09. The number of halogens is 1. The Kier molecular flexibility index (Phi) is 6.08. The predicted molar refractivity (Wildman–Crippen MR) is 120 cm³/mol. The van der Waals surface area contributed by atoms with Gasteiger partial charge in [-0.15, -0.1) is 5.10 Å². The van der Waals surface area contributed by atoms with Crippen LogP contribution in [0.1, 0.15) is 26.7 Å². The highest BCUT2D eigenvalue weighted by molar-refractivity contribution is 14.2. The number of fused-ring (bicyclic) bond motifs is 1. The van der Waals surface area contributed by atoms with Crippen LogP contribution in [0.4, 0.5) is 17.6 Å². The summed E-state index contributed by atoms with van der Waals surface area (Å²) in [5.74, 6) is 1.99. The fraction of sp³-hybridized carbons (Fsp3) is 0.471. The zero-order chi connectivity index (χ0) is 20.4. The van der Waals surface area contributed by atoms with Crippen molar-refractivity contribution in [3.05, 3.63) is 18.5 Å². The molecule has 10 nitrogen and oxygen atoms in total. The number of anilines is 3. The third kappa shape index (κ3) is 4.74. The monoisotopic (exact) mass is 528 g/mol. The number of hydrogen-bond acceptors (Lipinski definition) is 9. The van der Waals surface area contributed by atoms with Crippen molar-refractivity contribution in [1.82, 2.24) is 28.9 Å². The van der Waals surface area contributed by atoms with Gasteiger partial charge in [0.2, 0.25) is 5.95 Å². The van der Waals surface area contributed by atoms with E-state index in [9.17, 15) is 4.79 Å². The summed E-state index contributed by atoms with van der Waals surface area (Å²) in [5, 5.41) is 15.6. The lowest BCUT2D eigenvalue weighted by Crippen LogP contribution is -2.18. The molecule has 2 N–H and O–H groups in total. The summed E-state index contributed by atoms with van der Waals surface area (Å²) in [6, 6.07) is 2.37. The number of nitrogens with one attached hydrogen (secondary N) is 2. The van der Waals surface area contributed by atoms with Gasteiger partial charge in [-0.05, 0) is 38.7 Å². The Bertz CT molecular complexity index is 1020. The van der Waals surface area contributed by atoms with E-state index in [-0.39, 0.29) is 12.5 Å². The van der Waals surface area contributed by atoms with Gasteiger partial charge in [-0.1, -0.05) is 5.21 Å². The highest BCUT2D eigenvalue weighted by atomic mass is 127. The fourth-order valence-electron chi connectivity index (χ4n) is 3.03. The molecule has 3 aromatic heterocycles. The number of hydrogen-bond donors (Lipinski definition) is 2. The standard InChI is InChI=1S/C17H21IN8O2S/c1-3-28-14(27)9-25-8-13(23-24-25)20-17-21-15(19-10(2)11-4-5-11)12-6-7-26(29-18)16(12)22-17/h6-8,10-11H,3-5,9H2,1-2H3,(H2,19,20,21,22)/t10-/m0/s1. The molecule has 0 amide bonds. The van der Waals surface area contributed by atoms with Crippen LogP contribution in [0.15, 0.2) is 18.5 Å².